The summed E-state index contributed by atoms with van der Waals surface area (Å²) in [5.74, 6) is 1.72. The summed E-state index contributed by atoms with van der Waals surface area (Å²) in [5, 5.41) is 0. The molecular formula is C10H18N4. The van der Waals surface area contributed by atoms with Gasteiger partial charge in [0.15, 0.2) is 0 Å². The molecule has 4 heteroatoms. The summed E-state index contributed by atoms with van der Waals surface area (Å²) in [7, 11) is 2.03. The van der Waals surface area contributed by atoms with Crippen LogP contribution in [-0.2, 0) is 7.05 Å². The van der Waals surface area contributed by atoms with Crippen LogP contribution < -0.4 is 10.6 Å². The highest BCUT2D eigenvalue weighted by molar-refractivity contribution is 5.35. The Hall–Kier alpha value is -1.03. The van der Waals surface area contributed by atoms with E-state index < -0.39 is 0 Å². The maximum atomic E-state index is 5.79. The first-order valence-electron chi connectivity index (χ1n) is 5.18. The van der Waals surface area contributed by atoms with E-state index in [9.17, 15) is 0 Å². The summed E-state index contributed by atoms with van der Waals surface area (Å²) >= 11 is 0. The van der Waals surface area contributed by atoms with Gasteiger partial charge < -0.3 is 15.2 Å². The first kappa shape index (κ1) is 9.52. The summed E-state index contributed by atoms with van der Waals surface area (Å²) < 4.78 is 2.06. The summed E-state index contributed by atoms with van der Waals surface area (Å²) in [5.41, 5.74) is 5.79. The number of aryl methyl sites for hydroxylation is 1. The van der Waals surface area contributed by atoms with Gasteiger partial charge in [-0.05, 0) is 12.3 Å². The van der Waals surface area contributed by atoms with Crippen molar-refractivity contribution in [1.82, 2.24) is 9.55 Å². The second kappa shape index (κ2) is 3.61. The second-order valence-electron chi connectivity index (χ2n) is 4.10. The molecule has 0 aliphatic carbocycles. The molecule has 4 nitrogen and oxygen atoms in total. The van der Waals surface area contributed by atoms with Crippen LogP contribution in [0.2, 0.25) is 0 Å². The van der Waals surface area contributed by atoms with Gasteiger partial charge in [0, 0.05) is 38.6 Å². The van der Waals surface area contributed by atoms with Gasteiger partial charge in [-0.3, -0.25) is 0 Å². The van der Waals surface area contributed by atoms with E-state index in [4.69, 9.17) is 5.73 Å². The first-order valence-corrected chi connectivity index (χ1v) is 5.18. The van der Waals surface area contributed by atoms with Crippen LogP contribution >= 0.6 is 0 Å². The number of hydrogen-bond acceptors (Lipinski definition) is 3. The molecule has 0 saturated carbocycles. The van der Waals surface area contributed by atoms with E-state index >= 15 is 0 Å². The van der Waals surface area contributed by atoms with E-state index in [1.807, 2.05) is 19.4 Å². The van der Waals surface area contributed by atoms with E-state index in [0.29, 0.717) is 18.5 Å². The summed E-state index contributed by atoms with van der Waals surface area (Å²) in [6.07, 6.45) is 5.03. The van der Waals surface area contributed by atoms with Gasteiger partial charge in [0.05, 0.1) is 0 Å². The lowest BCUT2D eigenvalue weighted by molar-refractivity contribution is 0.513. The zero-order valence-electron chi connectivity index (χ0n) is 8.85. The highest BCUT2D eigenvalue weighted by atomic mass is 15.3. The maximum absolute atomic E-state index is 5.79. The number of anilines is 1. The summed E-state index contributed by atoms with van der Waals surface area (Å²) in [4.78, 5) is 6.69. The molecule has 2 unspecified atom stereocenters. The van der Waals surface area contributed by atoms with Gasteiger partial charge in [-0.2, -0.15) is 0 Å². The molecule has 1 aliphatic rings. The standard InChI is InChI=1S/C10H18N4/c1-8-3-5-14(9(8)7-11)10-12-4-6-13(10)2/h4,6,8-9H,3,5,7,11H2,1-2H3. The molecule has 14 heavy (non-hydrogen) atoms. The Morgan fingerprint density at radius 1 is 1.64 bits per heavy atom. The van der Waals surface area contributed by atoms with Crippen LogP contribution in [0.25, 0.3) is 0 Å². The largest absolute Gasteiger partial charge is 0.338 e. The predicted octanol–water partition coefficient (Wildman–Crippen LogP) is 0.594. The monoisotopic (exact) mass is 194 g/mol. The maximum Gasteiger partial charge on any atom is 0.205 e. The molecule has 2 N–H and O–H groups in total. The first-order chi connectivity index (χ1) is 6.74. The van der Waals surface area contributed by atoms with Crippen LogP contribution in [0.4, 0.5) is 5.95 Å². The highest BCUT2D eigenvalue weighted by Crippen LogP contribution is 2.27. The van der Waals surface area contributed by atoms with Crippen molar-refractivity contribution in [2.75, 3.05) is 18.0 Å². The van der Waals surface area contributed by atoms with Gasteiger partial charge in [0.2, 0.25) is 5.95 Å². The van der Waals surface area contributed by atoms with Crippen molar-refractivity contribution >= 4 is 5.95 Å². The molecule has 2 rings (SSSR count). The van der Waals surface area contributed by atoms with Crippen LogP contribution in [0.5, 0.6) is 0 Å². The molecule has 2 heterocycles. The molecular weight excluding hydrogens is 176 g/mol. The fraction of sp³-hybridized carbons (Fsp3) is 0.700. The van der Waals surface area contributed by atoms with E-state index in [1.54, 1.807) is 0 Å². The third-order valence-electron chi connectivity index (χ3n) is 3.18. The molecule has 1 saturated heterocycles. The molecule has 1 aliphatic heterocycles. The Balaban J connectivity index is 2.23. The van der Waals surface area contributed by atoms with Gasteiger partial charge in [-0.15, -0.1) is 0 Å². The fourth-order valence-corrected chi connectivity index (χ4v) is 2.25. The Labute approximate surface area is 84.7 Å². The smallest absolute Gasteiger partial charge is 0.205 e. The van der Waals surface area contributed by atoms with Gasteiger partial charge in [0.1, 0.15) is 0 Å². The number of nitrogens with zero attached hydrogens (tertiary/aromatic N) is 3. The lowest BCUT2D eigenvalue weighted by atomic mass is 10.0. The second-order valence-corrected chi connectivity index (χ2v) is 4.10. The molecule has 0 spiro atoms. The van der Waals surface area contributed by atoms with E-state index in [-0.39, 0.29) is 0 Å². The summed E-state index contributed by atoms with van der Waals surface area (Å²) in [6.45, 7) is 4.06. The molecule has 0 bridgehead atoms. The van der Waals surface area contributed by atoms with Crippen LogP contribution in [0, 0.1) is 5.92 Å². The molecule has 2 atom stereocenters. The quantitative estimate of drug-likeness (QED) is 0.749. The fourth-order valence-electron chi connectivity index (χ4n) is 2.25. The van der Waals surface area contributed by atoms with Crippen molar-refractivity contribution in [1.29, 1.82) is 0 Å². The zero-order valence-corrected chi connectivity index (χ0v) is 8.85. The van der Waals surface area contributed by atoms with E-state index in [0.717, 1.165) is 12.5 Å². The molecule has 0 amide bonds. The van der Waals surface area contributed by atoms with Gasteiger partial charge in [-0.1, -0.05) is 6.92 Å². The van der Waals surface area contributed by atoms with E-state index in [2.05, 4.69) is 21.4 Å². The lowest BCUT2D eigenvalue weighted by Gasteiger charge is -2.26. The average Bonchev–Trinajstić information content (AvgIpc) is 2.71. The average molecular weight is 194 g/mol. The molecule has 1 fully saturated rings. The van der Waals surface area contributed by atoms with Gasteiger partial charge in [-0.25, -0.2) is 4.98 Å². The number of imidazole rings is 1. The third-order valence-corrected chi connectivity index (χ3v) is 3.18. The van der Waals surface area contributed by atoms with Gasteiger partial charge in [0.25, 0.3) is 0 Å². The normalized spacial score (nSPS) is 27.2. The minimum atomic E-state index is 0.455. The highest BCUT2D eigenvalue weighted by Gasteiger charge is 2.31. The van der Waals surface area contributed by atoms with E-state index in [1.165, 1.54) is 6.42 Å². The number of rotatable bonds is 2. The van der Waals surface area contributed by atoms with Crippen LogP contribution in [0.1, 0.15) is 13.3 Å². The Kier molecular flexibility index (Phi) is 2.46. The number of aromatic nitrogens is 2. The number of hydrogen-bond donors (Lipinski definition) is 1. The third kappa shape index (κ3) is 1.39. The zero-order chi connectivity index (χ0) is 10.1. The van der Waals surface area contributed by atoms with Crippen molar-refractivity contribution in [3.05, 3.63) is 12.4 Å². The molecule has 0 radical (unpaired) electrons. The van der Waals surface area contributed by atoms with Crippen LogP contribution in [0.3, 0.4) is 0 Å². The SMILES string of the molecule is CC1CCN(c2nccn2C)C1CN. The topological polar surface area (TPSA) is 47.1 Å². The Morgan fingerprint density at radius 2 is 2.43 bits per heavy atom. The Morgan fingerprint density at radius 3 is 3.00 bits per heavy atom. The summed E-state index contributed by atoms with van der Waals surface area (Å²) in [6, 6.07) is 0.455. The van der Waals surface area contributed by atoms with Crippen LogP contribution in [0.15, 0.2) is 12.4 Å². The van der Waals surface area contributed by atoms with Crippen molar-refractivity contribution < 1.29 is 0 Å². The van der Waals surface area contributed by atoms with Crippen molar-refractivity contribution in [3.8, 4) is 0 Å². The number of nitrogens with two attached hydrogens (primary N) is 1. The van der Waals surface area contributed by atoms with Crippen molar-refractivity contribution in [2.45, 2.75) is 19.4 Å². The molecule has 78 valence electrons. The predicted molar refractivity (Wildman–Crippen MR) is 57.2 cm³/mol. The lowest BCUT2D eigenvalue weighted by Crippen LogP contribution is -2.39. The van der Waals surface area contributed by atoms with Crippen LogP contribution in [-0.4, -0.2) is 28.7 Å². The Bertz CT molecular complexity index is 307. The van der Waals surface area contributed by atoms with Crippen molar-refractivity contribution in [3.63, 3.8) is 0 Å². The molecule has 0 aromatic carbocycles. The molecule has 1 aromatic heterocycles. The minimum absolute atomic E-state index is 0.455. The minimum Gasteiger partial charge on any atom is -0.338 e. The van der Waals surface area contributed by atoms with Crippen molar-refractivity contribution in [2.24, 2.45) is 18.7 Å². The van der Waals surface area contributed by atoms with Gasteiger partial charge >= 0.3 is 0 Å². The molecule has 1 aromatic rings.